The van der Waals surface area contributed by atoms with E-state index in [1.165, 1.54) is 24.3 Å². The second-order valence-electron chi connectivity index (χ2n) is 4.90. The quantitative estimate of drug-likeness (QED) is 0.790. The van der Waals surface area contributed by atoms with Crippen LogP contribution in [0.5, 0.6) is 0 Å². The molecule has 0 unspecified atom stereocenters. The number of hydrogen-bond acceptors (Lipinski definition) is 3. The minimum Gasteiger partial charge on any atom is -0.452 e. The number of benzene rings is 2. The largest absolute Gasteiger partial charge is 0.452 e. The normalized spacial score (nSPS) is 10.3. The van der Waals surface area contributed by atoms with Crippen LogP contribution in [0.15, 0.2) is 42.5 Å². The first-order valence-electron chi connectivity index (χ1n) is 7.09. The molecular formula is C17H14Cl2FNO3. The number of esters is 1. The second kappa shape index (κ2) is 8.66. The molecule has 24 heavy (non-hydrogen) atoms. The van der Waals surface area contributed by atoms with Gasteiger partial charge in [-0.05, 0) is 36.2 Å². The van der Waals surface area contributed by atoms with Crippen LogP contribution in [0.1, 0.15) is 15.9 Å². The van der Waals surface area contributed by atoms with Crippen molar-refractivity contribution in [2.45, 2.75) is 6.42 Å². The van der Waals surface area contributed by atoms with Crippen LogP contribution in [0.3, 0.4) is 0 Å². The molecule has 2 rings (SSSR count). The van der Waals surface area contributed by atoms with Crippen LogP contribution in [-0.4, -0.2) is 25.0 Å². The number of amides is 1. The summed E-state index contributed by atoms with van der Waals surface area (Å²) in [6, 6.07) is 10.6. The Labute approximate surface area is 148 Å². The minimum absolute atomic E-state index is 0.0277. The standard InChI is InChI=1S/C17H14Cl2FNO3/c18-13-2-1-3-14(19)16(13)17(23)24-10-15(22)21-9-8-11-4-6-12(20)7-5-11/h1-7H,8-10H2,(H,21,22). The van der Waals surface area contributed by atoms with E-state index in [0.29, 0.717) is 13.0 Å². The molecule has 1 amide bonds. The van der Waals surface area contributed by atoms with E-state index in [1.54, 1.807) is 18.2 Å². The van der Waals surface area contributed by atoms with Crippen LogP contribution in [0.25, 0.3) is 0 Å². The average molecular weight is 370 g/mol. The zero-order valence-corrected chi connectivity index (χ0v) is 14.0. The average Bonchev–Trinajstić information content (AvgIpc) is 2.54. The van der Waals surface area contributed by atoms with Crippen LogP contribution in [0.4, 0.5) is 4.39 Å². The zero-order chi connectivity index (χ0) is 17.5. The van der Waals surface area contributed by atoms with Gasteiger partial charge < -0.3 is 10.1 Å². The first-order valence-corrected chi connectivity index (χ1v) is 7.85. The van der Waals surface area contributed by atoms with Gasteiger partial charge in [0.05, 0.1) is 15.6 Å². The Kier molecular flexibility index (Phi) is 6.58. The molecule has 0 aromatic heterocycles. The second-order valence-corrected chi connectivity index (χ2v) is 5.71. The van der Waals surface area contributed by atoms with Gasteiger partial charge in [-0.1, -0.05) is 41.4 Å². The maximum atomic E-state index is 12.8. The highest BCUT2D eigenvalue weighted by molar-refractivity contribution is 6.39. The van der Waals surface area contributed by atoms with Crippen molar-refractivity contribution in [2.75, 3.05) is 13.2 Å². The van der Waals surface area contributed by atoms with Gasteiger partial charge in [0.2, 0.25) is 0 Å². The number of carbonyl (C=O) groups excluding carboxylic acids is 2. The molecule has 0 radical (unpaired) electrons. The van der Waals surface area contributed by atoms with Crippen molar-refractivity contribution < 1.29 is 18.7 Å². The summed E-state index contributed by atoms with van der Waals surface area (Å²) in [7, 11) is 0. The molecule has 0 saturated carbocycles. The SMILES string of the molecule is O=C(COC(=O)c1c(Cl)cccc1Cl)NCCc1ccc(F)cc1. The number of carbonyl (C=O) groups is 2. The highest BCUT2D eigenvalue weighted by atomic mass is 35.5. The fourth-order valence-corrected chi connectivity index (χ4v) is 2.50. The molecule has 7 heteroatoms. The van der Waals surface area contributed by atoms with Crippen molar-refractivity contribution in [3.63, 3.8) is 0 Å². The van der Waals surface area contributed by atoms with Gasteiger partial charge in [0, 0.05) is 6.54 Å². The molecule has 0 aliphatic heterocycles. The topological polar surface area (TPSA) is 55.4 Å². The molecule has 0 aliphatic rings. The first kappa shape index (κ1) is 18.2. The van der Waals surface area contributed by atoms with E-state index in [2.05, 4.69) is 5.32 Å². The molecule has 0 atom stereocenters. The summed E-state index contributed by atoms with van der Waals surface area (Å²) in [6.07, 6.45) is 0.538. The minimum atomic E-state index is -0.765. The summed E-state index contributed by atoms with van der Waals surface area (Å²) in [5.41, 5.74) is 0.913. The van der Waals surface area contributed by atoms with Gasteiger partial charge in [0.25, 0.3) is 5.91 Å². The van der Waals surface area contributed by atoms with Crippen LogP contribution >= 0.6 is 23.2 Å². The van der Waals surface area contributed by atoms with Crippen LogP contribution in [-0.2, 0) is 16.0 Å². The Hall–Kier alpha value is -2.11. The molecule has 0 heterocycles. The van der Waals surface area contributed by atoms with Gasteiger partial charge >= 0.3 is 5.97 Å². The Balaban J connectivity index is 1.76. The predicted molar refractivity (Wildman–Crippen MR) is 89.9 cm³/mol. The van der Waals surface area contributed by atoms with Crippen molar-refractivity contribution in [1.82, 2.24) is 5.32 Å². The Morgan fingerprint density at radius 1 is 1.04 bits per heavy atom. The lowest BCUT2D eigenvalue weighted by atomic mass is 10.1. The van der Waals surface area contributed by atoms with Crippen LogP contribution in [0.2, 0.25) is 10.0 Å². The van der Waals surface area contributed by atoms with Gasteiger partial charge in [-0.2, -0.15) is 0 Å². The predicted octanol–water partition coefficient (Wildman–Crippen LogP) is 3.65. The van der Waals surface area contributed by atoms with Gasteiger partial charge in [-0.15, -0.1) is 0 Å². The fourth-order valence-electron chi connectivity index (χ4n) is 1.94. The molecule has 2 aromatic carbocycles. The molecule has 1 N–H and O–H groups in total. The van der Waals surface area contributed by atoms with Crippen LogP contribution in [0, 0.1) is 5.82 Å². The van der Waals surface area contributed by atoms with Crippen molar-refractivity contribution in [3.05, 3.63) is 69.5 Å². The monoisotopic (exact) mass is 369 g/mol. The van der Waals surface area contributed by atoms with E-state index in [-0.39, 0.29) is 21.4 Å². The third-order valence-corrected chi connectivity index (χ3v) is 3.78. The van der Waals surface area contributed by atoms with E-state index in [4.69, 9.17) is 27.9 Å². The lowest BCUT2D eigenvalue weighted by Crippen LogP contribution is -2.30. The highest BCUT2D eigenvalue weighted by Crippen LogP contribution is 2.24. The Bertz CT molecular complexity index is 715. The number of ether oxygens (including phenoxy) is 1. The number of rotatable bonds is 6. The third kappa shape index (κ3) is 5.22. The maximum absolute atomic E-state index is 12.8. The summed E-state index contributed by atoms with van der Waals surface area (Å²) in [5, 5.41) is 2.92. The molecule has 0 aliphatic carbocycles. The fraction of sp³-hybridized carbons (Fsp3) is 0.176. The van der Waals surface area contributed by atoms with E-state index in [0.717, 1.165) is 5.56 Å². The molecule has 2 aromatic rings. The van der Waals surface area contributed by atoms with E-state index >= 15 is 0 Å². The van der Waals surface area contributed by atoms with Gasteiger partial charge in [0.1, 0.15) is 5.82 Å². The molecule has 0 spiro atoms. The maximum Gasteiger partial charge on any atom is 0.341 e. The van der Waals surface area contributed by atoms with Crippen molar-refractivity contribution in [2.24, 2.45) is 0 Å². The third-order valence-electron chi connectivity index (χ3n) is 3.15. The first-order chi connectivity index (χ1) is 11.5. The smallest absolute Gasteiger partial charge is 0.341 e. The number of halogens is 3. The van der Waals surface area contributed by atoms with E-state index in [1.807, 2.05) is 0 Å². The molecule has 0 bridgehead atoms. The summed E-state index contributed by atoms with van der Waals surface area (Å²) in [6.45, 7) is -0.0985. The summed E-state index contributed by atoms with van der Waals surface area (Å²) >= 11 is 11.8. The lowest BCUT2D eigenvalue weighted by Gasteiger charge is -2.08. The van der Waals surface area contributed by atoms with Gasteiger partial charge in [-0.25, -0.2) is 9.18 Å². The van der Waals surface area contributed by atoms with E-state index < -0.39 is 18.5 Å². The summed E-state index contributed by atoms with van der Waals surface area (Å²) in [5.74, 6) is -1.53. The van der Waals surface area contributed by atoms with Crippen molar-refractivity contribution in [3.8, 4) is 0 Å². The van der Waals surface area contributed by atoms with Gasteiger partial charge in [0.15, 0.2) is 6.61 Å². The molecule has 0 fully saturated rings. The van der Waals surface area contributed by atoms with Crippen LogP contribution < -0.4 is 5.32 Å². The number of hydrogen-bond donors (Lipinski definition) is 1. The molecule has 0 saturated heterocycles. The molecule has 126 valence electrons. The summed E-state index contributed by atoms with van der Waals surface area (Å²) in [4.78, 5) is 23.6. The Morgan fingerprint density at radius 3 is 2.29 bits per heavy atom. The summed E-state index contributed by atoms with van der Waals surface area (Å²) < 4.78 is 17.7. The van der Waals surface area contributed by atoms with Crippen molar-refractivity contribution in [1.29, 1.82) is 0 Å². The number of nitrogens with one attached hydrogen (secondary N) is 1. The van der Waals surface area contributed by atoms with Gasteiger partial charge in [-0.3, -0.25) is 4.79 Å². The zero-order valence-electron chi connectivity index (χ0n) is 12.5. The molecular weight excluding hydrogens is 356 g/mol. The van der Waals surface area contributed by atoms with Crippen molar-refractivity contribution >= 4 is 35.1 Å². The highest BCUT2D eigenvalue weighted by Gasteiger charge is 2.17. The molecule has 4 nitrogen and oxygen atoms in total. The Morgan fingerprint density at radius 2 is 1.67 bits per heavy atom. The lowest BCUT2D eigenvalue weighted by molar-refractivity contribution is -0.124. The van der Waals surface area contributed by atoms with E-state index in [9.17, 15) is 14.0 Å².